The molecule has 2 aromatic carbocycles. The van der Waals surface area contributed by atoms with E-state index in [-0.39, 0.29) is 18.1 Å². The predicted molar refractivity (Wildman–Crippen MR) is 110 cm³/mol. The minimum absolute atomic E-state index is 0.0512. The largest absolute Gasteiger partial charge is 0.486 e. The van der Waals surface area contributed by atoms with Crippen LogP contribution in [0, 0.1) is 12.7 Å². The molecule has 0 unspecified atom stereocenters. The van der Waals surface area contributed by atoms with E-state index in [1.165, 1.54) is 12.1 Å². The number of para-hydroxylation sites is 3. The van der Waals surface area contributed by atoms with Crippen molar-refractivity contribution in [3.8, 4) is 5.75 Å². The summed E-state index contributed by atoms with van der Waals surface area (Å²) in [5, 5.41) is 6.70. The average molecular weight is 408 g/mol. The number of imidazole rings is 1. The van der Waals surface area contributed by atoms with Crippen LogP contribution in [0.1, 0.15) is 35.2 Å². The standard InChI is InChI=1S/C22H21FN4O3/c1-3-12-27-18-10-6-5-9-17(18)24-22(27)25-21(28)20-15(14(2)30-26-20)13-29-19-11-7-4-8-16(19)23/h4-11H,3,12-13H2,1-2H3,(H,24,25,28). The molecule has 30 heavy (non-hydrogen) atoms. The number of anilines is 1. The number of nitrogens with one attached hydrogen (secondary N) is 1. The van der Waals surface area contributed by atoms with Gasteiger partial charge >= 0.3 is 0 Å². The molecule has 0 aliphatic carbocycles. The molecule has 0 radical (unpaired) electrons. The first kappa shape index (κ1) is 19.6. The van der Waals surface area contributed by atoms with E-state index in [1.54, 1.807) is 19.1 Å². The highest BCUT2D eigenvalue weighted by Crippen LogP contribution is 2.23. The van der Waals surface area contributed by atoms with Gasteiger partial charge in [-0.1, -0.05) is 36.3 Å². The summed E-state index contributed by atoms with van der Waals surface area (Å²) in [4.78, 5) is 17.5. The average Bonchev–Trinajstić information content (AvgIpc) is 3.28. The lowest BCUT2D eigenvalue weighted by molar-refractivity contribution is 0.101. The second kappa shape index (κ2) is 8.36. The quantitative estimate of drug-likeness (QED) is 0.479. The number of aryl methyl sites for hydroxylation is 2. The van der Waals surface area contributed by atoms with Gasteiger partial charge in [0.2, 0.25) is 5.95 Å². The van der Waals surface area contributed by atoms with E-state index in [2.05, 4.69) is 22.4 Å². The second-order valence-electron chi connectivity index (χ2n) is 6.81. The zero-order valence-corrected chi connectivity index (χ0v) is 16.7. The Morgan fingerprint density at radius 2 is 1.97 bits per heavy atom. The number of rotatable bonds is 7. The van der Waals surface area contributed by atoms with Gasteiger partial charge in [-0.2, -0.15) is 0 Å². The normalized spacial score (nSPS) is 11.0. The molecule has 4 aromatic rings. The second-order valence-corrected chi connectivity index (χ2v) is 6.81. The maximum Gasteiger partial charge on any atom is 0.280 e. The number of hydrogen-bond donors (Lipinski definition) is 1. The summed E-state index contributed by atoms with van der Waals surface area (Å²) in [6, 6.07) is 13.8. The molecule has 0 aliphatic rings. The third-order valence-corrected chi connectivity index (χ3v) is 4.74. The molecule has 2 aromatic heterocycles. The van der Waals surface area contributed by atoms with Crippen molar-refractivity contribution in [1.29, 1.82) is 0 Å². The number of halogens is 1. The van der Waals surface area contributed by atoms with Crippen molar-refractivity contribution >= 4 is 22.9 Å². The van der Waals surface area contributed by atoms with Gasteiger partial charge in [0.05, 0.1) is 16.6 Å². The predicted octanol–water partition coefficient (Wildman–Crippen LogP) is 4.71. The molecule has 1 amide bonds. The summed E-state index contributed by atoms with van der Waals surface area (Å²) in [5.41, 5.74) is 2.27. The fraction of sp³-hybridized carbons (Fsp3) is 0.227. The Kier molecular flexibility index (Phi) is 5.47. The number of carbonyl (C=O) groups is 1. The Labute approximate surface area is 172 Å². The highest BCUT2D eigenvalue weighted by atomic mass is 19.1. The minimum atomic E-state index is -0.481. The lowest BCUT2D eigenvalue weighted by atomic mass is 10.2. The Morgan fingerprint density at radius 1 is 1.20 bits per heavy atom. The van der Waals surface area contributed by atoms with Gasteiger partial charge in [0.15, 0.2) is 17.3 Å². The topological polar surface area (TPSA) is 82.2 Å². The first-order chi connectivity index (χ1) is 14.6. The summed E-state index contributed by atoms with van der Waals surface area (Å²) in [7, 11) is 0. The Hall–Kier alpha value is -3.68. The molecule has 0 spiro atoms. The maximum atomic E-state index is 13.8. The van der Waals surface area contributed by atoms with E-state index in [0.717, 1.165) is 17.5 Å². The molecule has 0 saturated carbocycles. The van der Waals surface area contributed by atoms with Crippen LogP contribution in [0.4, 0.5) is 10.3 Å². The van der Waals surface area contributed by atoms with Gasteiger partial charge in [0.25, 0.3) is 5.91 Å². The summed E-state index contributed by atoms with van der Waals surface area (Å²) in [6.45, 7) is 4.39. The molecule has 0 saturated heterocycles. The van der Waals surface area contributed by atoms with Gasteiger partial charge in [-0.15, -0.1) is 0 Å². The Bertz CT molecular complexity index is 1200. The van der Waals surface area contributed by atoms with Crippen molar-refractivity contribution in [2.75, 3.05) is 5.32 Å². The number of carbonyl (C=O) groups excluding carboxylic acids is 1. The number of ether oxygens (including phenoxy) is 1. The van der Waals surface area contributed by atoms with Crippen molar-refractivity contribution in [2.24, 2.45) is 0 Å². The highest BCUT2D eigenvalue weighted by molar-refractivity contribution is 6.03. The van der Waals surface area contributed by atoms with Gasteiger partial charge in [0.1, 0.15) is 12.4 Å². The maximum absolute atomic E-state index is 13.8. The number of fused-ring (bicyclic) bond motifs is 1. The van der Waals surface area contributed by atoms with Crippen molar-refractivity contribution in [2.45, 2.75) is 33.4 Å². The van der Waals surface area contributed by atoms with Gasteiger partial charge in [-0.3, -0.25) is 10.1 Å². The summed E-state index contributed by atoms with van der Waals surface area (Å²) >= 11 is 0. The van der Waals surface area contributed by atoms with Gasteiger partial charge < -0.3 is 13.8 Å². The van der Waals surface area contributed by atoms with E-state index in [0.29, 0.717) is 23.8 Å². The lowest BCUT2D eigenvalue weighted by Gasteiger charge is -2.09. The fourth-order valence-electron chi connectivity index (χ4n) is 3.23. The van der Waals surface area contributed by atoms with E-state index in [1.807, 2.05) is 28.8 Å². The summed E-state index contributed by atoms with van der Waals surface area (Å²) < 4.78 is 26.5. The fourth-order valence-corrected chi connectivity index (χ4v) is 3.23. The SMILES string of the molecule is CCCn1c(NC(=O)c2noc(C)c2COc2ccccc2F)nc2ccccc21. The molecule has 2 heterocycles. The molecule has 7 nitrogen and oxygen atoms in total. The van der Waals surface area contributed by atoms with Gasteiger partial charge in [0, 0.05) is 6.54 Å². The number of amides is 1. The Balaban J connectivity index is 1.58. The van der Waals surface area contributed by atoms with Crippen LogP contribution in [0.25, 0.3) is 11.0 Å². The smallest absolute Gasteiger partial charge is 0.280 e. The molecule has 0 aliphatic heterocycles. The summed E-state index contributed by atoms with van der Waals surface area (Å²) in [5.74, 6) is 0.00922. The number of hydrogen-bond acceptors (Lipinski definition) is 5. The third kappa shape index (κ3) is 3.76. The zero-order valence-electron chi connectivity index (χ0n) is 16.7. The van der Waals surface area contributed by atoms with Crippen LogP contribution < -0.4 is 10.1 Å². The number of benzene rings is 2. The molecule has 154 valence electrons. The molecule has 0 atom stereocenters. The minimum Gasteiger partial charge on any atom is -0.486 e. The molecule has 0 fully saturated rings. The van der Waals surface area contributed by atoms with Crippen LogP contribution in [-0.4, -0.2) is 20.6 Å². The molecule has 4 rings (SSSR count). The van der Waals surface area contributed by atoms with E-state index < -0.39 is 11.7 Å². The van der Waals surface area contributed by atoms with Gasteiger partial charge in [-0.05, 0) is 37.6 Å². The first-order valence-electron chi connectivity index (χ1n) is 9.67. The molecule has 8 heteroatoms. The first-order valence-corrected chi connectivity index (χ1v) is 9.67. The van der Waals surface area contributed by atoms with Crippen LogP contribution in [0.3, 0.4) is 0 Å². The zero-order chi connectivity index (χ0) is 21.1. The van der Waals surface area contributed by atoms with Crippen molar-refractivity contribution in [3.63, 3.8) is 0 Å². The van der Waals surface area contributed by atoms with Crippen molar-refractivity contribution in [3.05, 3.63) is 71.4 Å². The molecular formula is C22H21FN4O3. The number of nitrogens with zero attached hydrogens (tertiary/aromatic N) is 3. The van der Waals surface area contributed by atoms with Crippen LogP contribution in [0.2, 0.25) is 0 Å². The monoisotopic (exact) mass is 408 g/mol. The van der Waals surface area contributed by atoms with Crippen LogP contribution in [0.5, 0.6) is 5.75 Å². The highest BCUT2D eigenvalue weighted by Gasteiger charge is 2.23. The van der Waals surface area contributed by atoms with Crippen LogP contribution >= 0.6 is 0 Å². The summed E-state index contributed by atoms with van der Waals surface area (Å²) in [6.07, 6.45) is 0.883. The lowest BCUT2D eigenvalue weighted by Crippen LogP contribution is -2.18. The van der Waals surface area contributed by atoms with Crippen molar-refractivity contribution < 1.29 is 18.4 Å². The molecule has 0 bridgehead atoms. The number of aromatic nitrogens is 3. The van der Waals surface area contributed by atoms with Crippen molar-refractivity contribution in [1.82, 2.24) is 14.7 Å². The molecule has 1 N–H and O–H groups in total. The van der Waals surface area contributed by atoms with E-state index in [4.69, 9.17) is 9.26 Å². The third-order valence-electron chi connectivity index (χ3n) is 4.74. The molecular weight excluding hydrogens is 387 g/mol. The van der Waals surface area contributed by atoms with Crippen LogP contribution in [-0.2, 0) is 13.2 Å². The van der Waals surface area contributed by atoms with E-state index >= 15 is 0 Å². The Morgan fingerprint density at radius 3 is 2.77 bits per heavy atom. The van der Waals surface area contributed by atoms with Gasteiger partial charge in [-0.25, -0.2) is 9.37 Å². The van der Waals surface area contributed by atoms with Crippen LogP contribution in [0.15, 0.2) is 53.1 Å². The van der Waals surface area contributed by atoms with E-state index in [9.17, 15) is 9.18 Å².